The van der Waals surface area contributed by atoms with E-state index in [2.05, 4.69) is 0 Å². The van der Waals surface area contributed by atoms with Crippen molar-refractivity contribution in [3.05, 3.63) is 0 Å². The Morgan fingerprint density at radius 3 is 0.506 bits per heavy atom. The van der Waals surface area contributed by atoms with Crippen molar-refractivity contribution in [1.29, 1.82) is 0 Å². The van der Waals surface area contributed by atoms with Gasteiger partial charge in [0.25, 0.3) is 0 Å². The van der Waals surface area contributed by atoms with Crippen LogP contribution in [0, 0.1) is 0 Å². The van der Waals surface area contributed by atoms with E-state index >= 15 is 0 Å². The van der Waals surface area contributed by atoms with E-state index in [-0.39, 0.29) is 0 Å². The third kappa shape index (κ3) is 12.1. The zero-order chi connectivity index (χ0) is 56.1. The van der Waals surface area contributed by atoms with E-state index in [9.17, 15) is 97.0 Å². The molecule has 21 fully saturated rings. The van der Waals surface area contributed by atoms with Crippen molar-refractivity contribution < 1.29 is 163 Å². The molecule has 35 nitrogen and oxygen atoms in total. The molecule has 21 aliphatic heterocycles. The summed E-state index contributed by atoms with van der Waals surface area (Å²) in [7, 11) is 0. The molecule has 35 atom stereocenters. The van der Waals surface area contributed by atoms with E-state index in [1.165, 1.54) is 0 Å². The molecule has 0 aliphatic carbocycles. The summed E-state index contributed by atoms with van der Waals surface area (Å²) in [5.41, 5.74) is 12.7. The summed E-state index contributed by atoms with van der Waals surface area (Å²) >= 11 is 0. The second kappa shape index (κ2) is 26.0. The molecule has 35 heteroatoms. The number of ether oxygens (including phenoxy) is 14. The maximum atomic E-state index is 11.4. The van der Waals surface area contributed by atoms with Crippen LogP contribution in [-0.2, 0) is 66.3 Å². The smallest absolute Gasteiger partial charge is 0.187 e. The molecule has 0 amide bonds. The molecule has 0 spiro atoms. The first kappa shape index (κ1) is 61.7. The lowest BCUT2D eigenvalue weighted by Gasteiger charge is -2.50. The Balaban J connectivity index is 1.08. The largest absolute Gasteiger partial charge is 0.394 e. The Morgan fingerprint density at radius 2 is 0.338 bits per heavy atom. The van der Waals surface area contributed by atoms with E-state index in [1.807, 2.05) is 0 Å². The van der Waals surface area contributed by atoms with Crippen molar-refractivity contribution in [2.45, 2.75) is 215 Å². The van der Waals surface area contributed by atoms with Crippen molar-refractivity contribution in [3.63, 3.8) is 0 Å². The predicted octanol–water partition coefficient (Wildman–Crippen LogP) is -15.3. The van der Waals surface area contributed by atoms with E-state index in [1.54, 1.807) is 0 Å². The van der Waals surface area contributed by atoms with Crippen LogP contribution in [0.25, 0.3) is 0 Å². The molecule has 77 heavy (non-hydrogen) atoms. The Morgan fingerprint density at radius 1 is 0.195 bits per heavy atom. The van der Waals surface area contributed by atoms with Gasteiger partial charge < -0.3 is 175 Å². The molecule has 21 rings (SSSR count). The van der Waals surface area contributed by atoms with Crippen LogP contribution in [-0.4, -0.2) is 358 Å². The van der Waals surface area contributed by atoms with Gasteiger partial charge >= 0.3 is 0 Å². The molecule has 0 aromatic rings. The summed E-state index contributed by atoms with van der Waals surface area (Å²) in [4.78, 5) is 0. The first-order chi connectivity index (χ1) is 36.7. The van der Waals surface area contributed by atoms with Crippen molar-refractivity contribution in [1.82, 2.24) is 0 Å². The maximum Gasteiger partial charge on any atom is 0.187 e. The second-order valence-corrected chi connectivity index (χ2v) is 19.8. The Labute approximate surface area is 435 Å². The number of aliphatic hydroxyl groups excluding tert-OH is 19. The molecular weight excluding hydrogens is 1060 g/mol. The van der Waals surface area contributed by atoms with E-state index in [0.29, 0.717) is 0 Å². The molecule has 448 valence electrons. The van der Waals surface area contributed by atoms with Gasteiger partial charge in [-0.2, -0.15) is 0 Å². The topological polar surface area (TPSA) is 566 Å². The van der Waals surface area contributed by atoms with Gasteiger partial charge in [0.15, 0.2) is 44.0 Å². The first-order valence-corrected chi connectivity index (χ1v) is 24.8. The number of hydrogen-bond donors (Lipinski definition) is 21. The lowest BCUT2D eigenvalue weighted by atomic mass is 9.94. The molecule has 21 saturated heterocycles. The summed E-state index contributed by atoms with van der Waals surface area (Å²) in [5.74, 6) is 0. The Kier molecular flexibility index (Phi) is 20.8. The second-order valence-electron chi connectivity index (χ2n) is 19.8. The molecule has 0 radical (unpaired) electrons. The zero-order valence-corrected chi connectivity index (χ0v) is 40.5. The minimum atomic E-state index is -2.18. The normalized spacial score (nSPS) is 55.4. The van der Waals surface area contributed by atoms with Gasteiger partial charge in [0.05, 0.1) is 58.3 Å². The minimum Gasteiger partial charge on any atom is -0.394 e. The maximum absolute atomic E-state index is 11.4. The van der Waals surface area contributed by atoms with Gasteiger partial charge in [0.2, 0.25) is 0 Å². The van der Waals surface area contributed by atoms with Crippen molar-refractivity contribution in [2.75, 3.05) is 46.2 Å². The summed E-state index contributed by atoms with van der Waals surface area (Å²) in [6.45, 7) is -6.97. The average molecular weight is 1130 g/mol. The fourth-order valence-electron chi connectivity index (χ4n) is 10.5. The lowest BCUT2D eigenvalue weighted by molar-refractivity contribution is -0.392. The van der Waals surface area contributed by atoms with Crippen molar-refractivity contribution in [2.24, 2.45) is 11.5 Å². The highest BCUT2D eigenvalue weighted by atomic mass is 16.8. The summed E-state index contributed by atoms with van der Waals surface area (Å²) in [5, 5.41) is 209. The molecule has 21 aliphatic rings. The highest BCUT2D eigenvalue weighted by Crippen LogP contribution is 2.38. The van der Waals surface area contributed by atoms with E-state index in [4.69, 9.17) is 77.8 Å². The van der Waals surface area contributed by atoms with Gasteiger partial charge in [-0.05, 0) is 0 Å². The van der Waals surface area contributed by atoms with Crippen LogP contribution in [0.3, 0.4) is 0 Å². The highest BCUT2D eigenvalue weighted by molar-refractivity contribution is 5.02. The molecule has 14 bridgehead atoms. The fourth-order valence-corrected chi connectivity index (χ4v) is 10.5. The molecular formula is C42H72N2O33. The number of rotatable bonds is 7. The minimum absolute atomic E-state index is 0.961. The van der Waals surface area contributed by atoms with E-state index in [0.717, 1.165) is 0 Å². The predicted molar refractivity (Wildman–Crippen MR) is 232 cm³/mol. The Bertz CT molecular complexity index is 1480. The van der Waals surface area contributed by atoms with Crippen LogP contribution in [0.15, 0.2) is 0 Å². The van der Waals surface area contributed by atoms with Gasteiger partial charge in [-0.3, -0.25) is 0 Å². The number of aliphatic hydroxyl groups is 19. The van der Waals surface area contributed by atoms with Gasteiger partial charge in [-0.1, -0.05) is 0 Å². The van der Waals surface area contributed by atoms with Crippen LogP contribution >= 0.6 is 0 Å². The molecule has 21 heterocycles. The average Bonchev–Trinajstić information content (AvgIpc) is 3.45. The third-order valence-electron chi connectivity index (χ3n) is 15.0. The van der Waals surface area contributed by atoms with Crippen LogP contribution < -0.4 is 11.5 Å². The summed E-state index contributed by atoms with van der Waals surface area (Å²) < 4.78 is 80.4. The molecule has 0 unspecified atom stereocenters. The van der Waals surface area contributed by atoms with Gasteiger partial charge in [0, 0.05) is 0 Å². The monoisotopic (exact) mass is 1130 g/mol. The van der Waals surface area contributed by atoms with Crippen molar-refractivity contribution >= 4 is 0 Å². The molecule has 0 saturated carbocycles. The fraction of sp³-hybridized carbons (Fsp3) is 1.00. The molecule has 0 aromatic carbocycles. The Hall–Kier alpha value is -1.40. The molecule has 23 N–H and O–H groups in total. The quantitative estimate of drug-likeness (QED) is 0.113. The first-order valence-electron chi connectivity index (χ1n) is 24.8. The third-order valence-corrected chi connectivity index (χ3v) is 15.0. The number of hydrogen-bond acceptors (Lipinski definition) is 35. The zero-order valence-electron chi connectivity index (χ0n) is 40.5. The molecule has 0 aromatic heterocycles. The van der Waals surface area contributed by atoms with Crippen LogP contribution in [0.5, 0.6) is 0 Å². The summed E-state index contributed by atoms with van der Waals surface area (Å²) in [6, 6.07) is -3.32. The van der Waals surface area contributed by atoms with Crippen molar-refractivity contribution in [3.8, 4) is 0 Å². The van der Waals surface area contributed by atoms with Crippen LogP contribution in [0.4, 0.5) is 0 Å². The lowest BCUT2D eigenvalue weighted by Crippen LogP contribution is -2.69. The van der Waals surface area contributed by atoms with Gasteiger partial charge in [-0.15, -0.1) is 0 Å². The summed E-state index contributed by atoms with van der Waals surface area (Å²) in [6.07, 6.45) is -63.2. The highest BCUT2D eigenvalue weighted by Gasteiger charge is 2.59. The number of nitrogens with two attached hydrogens (primary N) is 2. The standard InChI is InChI=1S/C42H72N2O33/c43-15-17(52)36-64-9(2-46)30(15)72-39-25(60)20(55)34(13(6-50)67-39)76-42-28(63)23(58)35(14(7-51)70-42)77-41-27(62)22(57)32(11(4-48)69-41)74-37-18(53)16(44)29(8(1-45)65-37)71-38-24(59)19(54)33(12(5-49)66-38)75-40-26(61)21(56)31(73-36)10(3-47)68-40/h8-42,45-63H,1-7,43-44H2/t8-,9+,10+,11-,12+,13+,14+,15+,16-,17-,18+,19+,20-,21+,22+,23+,24+,25-,26+,27+,28+,29+,30+,31+,32+,33+,34+,35+,36+,37+,38+,39+,40+,41+,42+/m0/s1. The SMILES string of the molecule is N[C@@H]1[C@H](O)[C@H]2O[C@H]3[C@H](O)[C@@H](O)[C@@H](O[C@H]4[C@H](O)[C@@H](O)[C@@H](O[C@H]5[C@@H](N)[C@@H](O)[C@@H](O[C@H]6[C@H](O)[C@@H](O)[C@@H](O[C@H]7[C@H](O)[C@@H](O)[C@@H](O[C@H]8[C@@H](O)[C@H](O)[C@@H](O[C@@H]1[C@@H](CO)O2)O[C@@H]8CO)O[C@@H]7CO)O[C@H]6CO)O[C@H]5CO)O[C@@H]4CO)O[C@@H]3CO. The van der Waals surface area contributed by atoms with Crippen LogP contribution in [0.2, 0.25) is 0 Å². The van der Waals surface area contributed by atoms with E-state index < -0.39 is 261 Å². The van der Waals surface area contributed by atoms with Gasteiger partial charge in [-0.25, -0.2) is 0 Å². The van der Waals surface area contributed by atoms with Gasteiger partial charge in [0.1, 0.15) is 159 Å². The van der Waals surface area contributed by atoms with Crippen LogP contribution in [0.1, 0.15) is 0 Å².